The summed E-state index contributed by atoms with van der Waals surface area (Å²) in [6, 6.07) is 14.9. The zero-order valence-corrected chi connectivity index (χ0v) is 15.9. The highest BCUT2D eigenvalue weighted by Crippen LogP contribution is 2.20. The van der Waals surface area contributed by atoms with Gasteiger partial charge in [0.2, 0.25) is 0 Å². The number of thioether (sulfide) groups is 1. The van der Waals surface area contributed by atoms with Gasteiger partial charge < -0.3 is 14.8 Å². The summed E-state index contributed by atoms with van der Waals surface area (Å²) >= 11 is 7.53. The van der Waals surface area contributed by atoms with Crippen LogP contribution in [0.25, 0.3) is 0 Å². The number of benzene rings is 2. The number of methoxy groups -OCH3 is 1. The maximum absolute atomic E-state index is 12.3. The summed E-state index contributed by atoms with van der Waals surface area (Å²) in [5.74, 6) is 2.09. The van der Waals surface area contributed by atoms with Crippen molar-refractivity contribution in [3.63, 3.8) is 0 Å². The maximum Gasteiger partial charge on any atom is 0.261 e. The number of carbonyl (C=O) groups excluding carboxylic acids is 1. The van der Waals surface area contributed by atoms with Crippen molar-refractivity contribution in [3.05, 3.63) is 53.6 Å². The smallest absolute Gasteiger partial charge is 0.261 e. The lowest BCUT2D eigenvalue weighted by atomic mass is 10.2. The Hall–Kier alpha value is -1.85. The standard InChI is InChI=1S/C19H22ClNO3S/c1-3-18(24-16-8-6-15(23-2)7-9-16)19(22)21-12-13-25-17-10-4-14(20)5-11-17/h4-11,18H,3,12-13H2,1-2H3,(H,21,22)/t18-/m0/s1. The number of carbonyl (C=O) groups is 1. The van der Waals surface area contributed by atoms with Gasteiger partial charge in [-0.15, -0.1) is 11.8 Å². The minimum Gasteiger partial charge on any atom is -0.497 e. The normalized spacial score (nSPS) is 11.6. The van der Waals surface area contributed by atoms with Crippen molar-refractivity contribution in [1.29, 1.82) is 0 Å². The van der Waals surface area contributed by atoms with Crippen LogP contribution in [-0.4, -0.2) is 31.4 Å². The molecule has 0 fully saturated rings. The van der Waals surface area contributed by atoms with Gasteiger partial charge in [-0.2, -0.15) is 0 Å². The Labute approximate surface area is 157 Å². The molecule has 2 aromatic rings. The molecule has 4 nitrogen and oxygen atoms in total. The Bertz CT molecular complexity index is 661. The van der Waals surface area contributed by atoms with Gasteiger partial charge in [0, 0.05) is 22.2 Å². The van der Waals surface area contributed by atoms with E-state index in [4.69, 9.17) is 21.1 Å². The van der Waals surface area contributed by atoms with Crippen LogP contribution in [0.1, 0.15) is 13.3 Å². The summed E-state index contributed by atoms with van der Waals surface area (Å²) < 4.78 is 10.9. The van der Waals surface area contributed by atoms with Gasteiger partial charge in [-0.1, -0.05) is 18.5 Å². The predicted molar refractivity (Wildman–Crippen MR) is 103 cm³/mol. The Balaban J connectivity index is 1.75. The quantitative estimate of drug-likeness (QED) is 0.517. The highest BCUT2D eigenvalue weighted by Gasteiger charge is 2.17. The second kappa shape index (κ2) is 10.2. The van der Waals surface area contributed by atoms with Crippen LogP contribution in [0.15, 0.2) is 53.4 Å². The second-order valence-electron chi connectivity index (χ2n) is 5.28. The van der Waals surface area contributed by atoms with Crippen LogP contribution >= 0.6 is 23.4 Å². The van der Waals surface area contributed by atoms with Crippen molar-refractivity contribution in [2.75, 3.05) is 19.4 Å². The van der Waals surface area contributed by atoms with Crippen molar-refractivity contribution in [1.82, 2.24) is 5.32 Å². The topological polar surface area (TPSA) is 47.6 Å². The molecule has 0 radical (unpaired) electrons. The maximum atomic E-state index is 12.3. The van der Waals surface area contributed by atoms with E-state index in [-0.39, 0.29) is 5.91 Å². The first-order valence-corrected chi connectivity index (χ1v) is 9.45. The SMILES string of the molecule is CC[C@H](Oc1ccc(OC)cc1)C(=O)NCCSc1ccc(Cl)cc1. The molecule has 0 aliphatic heterocycles. The Kier molecular flexibility index (Phi) is 7.95. The van der Waals surface area contributed by atoms with E-state index < -0.39 is 6.10 Å². The molecule has 0 aliphatic carbocycles. The third-order valence-electron chi connectivity index (χ3n) is 3.48. The van der Waals surface area contributed by atoms with Crippen molar-refractivity contribution in [2.24, 2.45) is 0 Å². The molecule has 1 amide bonds. The monoisotopic (exact) mass is 379 g/mol. The number of hydrogen-bond acceptors (Lipinski definition) is 4. The minimum atomic E-state index is -0.506. The van der Waals surface area contributed by atoms with Crippen LogP contribution in [0.2, 0.25) is 5.02 Å². The second-order valence-corrected chi connectivity index (χ2v) is 6.89. The van der Waals surface area contributed by atoms with Gasteiger partial charge >= 0.3 is 0 Å². The summed E-state index contributed by atoms with van der Waals surface area (Å²) in [6.07, 6.45) is 0.0938. The molecule has 6 heteroatoms. The zero-order chi connectivity index (χ0) is 18.1. The number of ether oxygens (including phenoxy) is 2. The number of halogens is 1. The average Bonchev–Trinajstić information content (AvgIpc) is 2.65. The lowest BCUT2D eigenvalue weighted by molar-refractivity contribution is -0.127. The summed E-state index contributed by atoms with van der Waals surface area (Å²) in [6.45, 7) is 2.50. The van der Waals surface area contributed by atoms with E-state index in [1.807, 2.05) is 43.3 Å². The minimum absolute atomic E-state index is 0.102. The summed E-state index contributed by atoms with van der Waals surface area (Å²) in [5.41, 5.74) is 0. The molecular weight excluding hydrogens is 358 g/mol. The molecule has 1 N–H and O–H groups in total. The first-order chi connectivity index (χ1) is 12.1. The summed E-state index contributed by atoms with van der Waals surface area (Å²) in [5, 5.41) is 3.64. The van der Waals surface area contributed by atoms with Gasteiger partial charge in [0.05, 0.1) is 7.11 Å². The number of amides is 1. The Morgan fingerprint density at radius 3 is 2.36 bits per heavy atom. The summed E-state index contributed by atoms with van der Waals surface area (Å²) in [4.78, 5) is 13.4. The Morgan fingerprint density at radius 1 is 1.12 bits per heavy atom. The molecule has 0 aromatic heterocycles. The van der Waals surface area contributed by atoms with Gasteiger partial charge in [-0.05, 0) is 55.0 Å². The Morgan fingerprint density at radius 2 is 1.76 bits per heavy atom. The first-order valence-electron chi connectivity index (χ1n) is 8.09. The average molecular weight is 380 g/mol. The van der Waals surface area contributed by atoms with Crippen LogP contribution in [0.3, 0.4) is 0 Å². The van der Waals surface area contributed by atoms with E-state index in [1.54, 1.807) is 31.0 Å². The molecule has 25 heavy (non-hydrogen) atoms. The van der Waals surface area contributed by atoms with Gasteiger partial charge in [0.1, 0.15) is 11.5 Å². The molecule has 0 saturated carbocycles. The zero-order valence-electron chi connectivity index (χ0n) is 14.3. The van der Waals surface area contributed by atoms with Crippen molar-refractivity contribution in [2.45, 2.75) is 24.3 Å². The molecule has 0 aliphatic rings. The number of nitrogens with one attached hydrogen (secondary N) is 1. The van der Waals surface area contributed by atoms with E-state index in [0.717, 1.165) is 21.4 Å². The first kappa shape index (κ1) is 19.5. The van der Waals surface area contributed by atoms with Gasteiger partial charge in [-0.3, -0.25) is 4.79 Å². The predicted octanol–water partition coefficient (Wildman–Crippen LogP) is 4.41. The lowest BCUT2D eigenvalue weighted by Gasteiger charge is -2.17. The highest BCUT2D eigenvalue weighted by atomic mass is 35.5. The van der Waals surface area contributed by atoms with Crippen LogP contribution in [0.4, 0.5) is 0 Å². The molecule has 0 spiro atoms. The molecular formula is C19H22ClNO3S. The fourth-order valence-electron chi connectivity index (χ4n) is 2.13. The third-order valence-corrected chi connectivity index (χ3v) is 4.75. The number of hydrogen-bond donors (Lipinski definition) is 1. The summed E-state index contributed by atoms with van der Waals surface area (Å²) in [7, 11) is 1.61. The van der Waals surface area contributed by atoms with Crippen LogP contribution in [0.5, 0.6) is 11.5 Å². The fraction of sp³-hybridized carbons (Fsp3) is 0.316. The lowest BCUT2D eigenvalue weighted by Crippen LogP contribution is -2.39. The van der Waals surface area contributed by atoms with Crippen molar-refractivity contribution in [3.8, 4) is 11.5 Å². The van der Waals surface area contributed by atoms with E-state index in [1.165, 1.54) is 0 Å². The molecule has 0 unspecified atom stereocenters. The van der Waals surface area contributed by atoms with E-state index in [9.17, 15) is 4.79 Å². The van der Waals surface area contributed by atoms with E-state index in [0.29, 0.717) is 18.7 Å². The molecule has 0 bridgehead atoms. The largest absolute Gasteiger partial charge is 0.497 e. The van der Waals surface area contributed by atoms with Crippen LogP contribution in [0, 0.1) is 0 Å². The molecule has 0 saturated heterocycles. The molecule has 1 atom stereocenters. The van der Waals surface area contributed by atoms with Crippen molar-refractivity contribution < 1.29 is 14.3 Å². The highest BCUT2D eigenvalue weighted by molar-refractivity contribution is 7.99. The van der Waals surface area contributed by atoms with Crippen molar-refractivity contribution >= 4 is 29.3 Å². The third kappa shape index (κ3) is 6.52. The molecule has 0 heterocycles. The molecule has 2 rings (SSSR count). The van der Waals surface area contributed by atoms with Gasteiger partial charge in [0.25, 0.3) is 5.91 Å². The number of rotatable bonds is 9. The van der Waals surface area contributed by atoms with E-state index >= 15 is 0 Å². The van der Waals surface area contributed by atoms with Gasteiger partial charge in [-0.25, -0.2) is 0 Å². The molecule has 134 valence electrons. The van der Waals surface area contributed by atoms with Crippen LogP contribution < -0.4 is 14.8 Å². The van der Waals surface area contributed by atoms with Gasteiger partial charge in [0.15, 0.2) is 6.10 Å². The fourth-order valence-corrected chi connectivity index (χ4v) is 3.02. The van der Waals surface area contributed by atoms with Crippen LogP contribution in [-0.2, 0) is 4.79 Å². The van der Waals surface area contributed by atoms with E-state index in [2.05, 4.69) is 5.32 Å². The molecule has 2 aromatic carbocycles.